The van der Waals surface area contributed by atoms with Gasteiger partial charge in [-0.1, -0.05) is 13.3 Å². The summed E-state index contributed by atoms with van der Waals surface area (Å²) >= 11 is 0. The first-order chi connectivity index (χ1) is 14.0. The Morgan fingerprint density at radius 3 is 2.76 bits per heavy atom. The molecule has 29 heavy (non-hydrogen) atoms. The van der Waals surface area contributed by atoms with E-state index in [1.807, 2.05) is 24.8 Å². The van der Waals surface area contributed by atoms with E-state index in [1.165, 1.54) is 7.11 Å². The number of nitriles is 1. The molecule has 0 fully saturated rings. The third-order valence-corrected chi connectivity index (χ3v) is 5.24. The van der Waals surface area contributed by atoms with E-state index in [9.17, 15) is 10.1 Å². The van der Waals surface area contributed by atoms with Crippen molar-refractivity contribution in [2.45, 2.75) is 46.6 Å². The number of carbonyl (C=O) groups excluding carboxylic acids is 1. The molecule has 0 N–H and O–H groups in total. The Hall–Kier alpha value is -3.07. The monoisotopic (exact) mass is 393 g/mol. The standard InChI is InChI=1S/C23H27N3O3/c1-5-6-9-29-22-20(15(2)10-16(3)25-22)14-26-8-7-17-11-18(13-24)21(28-4)12-19(17)23(26)27/h10-12H,5-9,14H2,1-4H3. The van der Waals surface area contributed by atoms with Gasteiger partial charge in [-0.2, -0.15) is 5.26 Å². The van der Waals surface area contributed by atoms with Crippen LogP contribution >= 0.6 is 0 Å². The third kappa shape index (κ3) is 4.34. The molecule has 152 valence electrons. The molecule has 0 bridgehead atoms. The number of hydrogen-bond acceptors (Lipinski definition) is 5. The van der Waals surface area contributed by atoms with Gasteiger partial charge in [0.15, 0.2) is 0 Å². The van der Waals surface area contributed by atoms with Gasteiger partial charge in [-0.15, -0.1) is 0 Å². The molecule has 0 saturated carbocycles. The maximum absolute atomic E-state index is 13.2. The fourth-order valence-corrected chi connectivity index (χ4v) is 3.61. The molecule has 1 aliphatic heterocycles. The highest BCUT2D eigenvalue weighted by molar-refractivity contribution is 5.97. The van der Waals surface area contributed by atoms with Crippen LogP contribution in [0, 0.1) is 25.2 Å². The van der Waals surface area contributed by atoms with Crippen molar-refractivity contribution in [3.63, 3.8) is 0 Å². The molecular weight excluding hydrogens is 366 g/mol. The zero-order valence-electron chi connectivity index (χ0n) is 17.5. The minimum atomic E-state index is -0.0616. The maximum atomic E-state index is 13.2. The average Bonchev–Trinajstić information content (AvgIpc) is 2.71. The van der Waals surface area contributed by atoms with Gasteiger partial charge in [0, 0.05) is 23.4 Å². The molecule has 0 aliphatic carbocycles. The summed E-state index contributed by atoms with van der Waals surface area (Å²) in [5.41, 5.74) is 4.86. The molecule has 0 atom stereocenters. The summed E-state index contributed by atoms with van der Waals surface area (Å²) in [7, 11) is 1.51. The molecule has 1 aromatic heterocycles. The highest BCUT2D eigenvalue weighted by Crippen LogP contribution is 2.30. The lowest BCUT2D eigenvalue weighted by molar-refractivity contribution is 0.0724. The summed E-state index contributed by atoms with van der Waals surface area (Å²) in [6, 6.07) is 7.60. The first kappa shape index (κ1) is 20.7. The van der Waals surface area contributed by atoms with Crippen molar-refractivity contribution in [3.8, 4) is 17.7 Å². The number of pyridine rings is 1. The number of carbonyl (C=O) groups is 1. The number of fused-ring (bicyclic) bond motifs is 1. The number of aryl methyl sites for hydroxylation is 2. The number of ether oxygens (including phenoxy) is 2. The molecule has 6 nitrogen and oxygen atoms in total. The smallest absolute Gasteiger partial charge is 0.254 e. The second-order valence-electron chi connectivity index (χ2n) is 7.36. The number of benzene rings is 1. The Kier molecular flexibility index (Phi) is 6.38. The van der Waals surface area contributed by atoms with Crippen LogP contribution in [0.4, 0.5) is 0 Å². The Balaban J connectivity index is 1.89. The van der Waals surface area contributed by atoms with Gasteiger partial charge in [0.2, 0.25) is 5.88 Å². The topological polar surface area (TPSA) is 75.4 Å². The molecule has 1 aliphatic rings. The SMILES string of the molecule is CCCCOc1nc(C)cc(C)c1CN1CCc2cc(C#N)c(OC)cc2C1=O. The van der Waals surface area contributed by atoms with E-state index in [4.69, 9.17) is 9.47 Å². The van der Waals surface area contributed by atoms with Crippen LogP contribution in [0.3, 0.4) is 0 Å². The summed E-state index contributed by atoms with van der Waals surface area (Å²) in [5, 5.41) is 9.29. The number of unbranched alkanes of at least 4 members (excludes halogenated alkanes) is 1. The lowest BCUT2D eigenvalue weighted by Gasteiger charge is -2.30. The lowest BCUT2D eigenvalue weighted by atomic mass is 9.95. The molecule has 2 aromatic rings. The normalized spacial score (nSPS) is 13.1. The first-order valence-corrected chi connectivity index (χ1v) is 9.98. The number of amides is 1. The van der Waals surface area contributed by atoms with E-state index in [1.54, 1.807) is 12.1 Å². The summed E-state index contributed by atoms with van der Waals surface area (Å²) in [4.78, 5) is 19.6. The zero-order valence-corrected chi connectivity index (χ0v) is 17.5. The van der Waals surface area contributed by atoms with Gasteiger partial charge in [-0.25, -0.2) is 4.98 Å². The number of rotatable bonds is 7. The van der Waals surface area contributed by atoms with Gasteiger partial charge >= 0.3 is 0 Å². The number of aromatic nitrogens is 1. The van der Waals surface area contributed by atoms with Crippen molar-refractivity contribution in [1.82, 2.24) is 9.88 Å². The highest BCUT2D eigenvalue weighted by atomic mass is 16.5. The van der Waals surface area contributed by atoms with Crippen LogP contribution < -0.4 is 9.47 Å². The molecule has 0 unspecified atom stereocenters. The van der Waals surface area contributed by atoms with Gasteiger partial charge in [0.05, 0.1) is 25.8 Å². The molecule has 1 aromatic carbocycles. The Bertz CT molecular complexity index is 963. The van der Waals surface area contributed by atoms with Crippen LogP contribution in [0.25, 0.3) is 0 Å². The van der Waals surface area contributed by atoms with Crippen molar-refractivity contribution < 1.29 is 14.3 Å². The van der Waals surface area contributed by atoms with Crippen molar-refractivity contribution in [3.05, 3.63) is 51.7 Å². The van der Waals surface area contributed by atoms with Crippen LogP contribution in [-0.4, -0.2) is 36.1 Å². The largest absolute Gasteiger partial charge is 0.495 e. The molecule has 6 heteroatoms. The third-order valence-electron chi connectivity index (χ3n) is 5.24. The van der Waals surface area contributed by atoms with Crippen LogP contribution in [0.15, 0.2) is 18.2 Å². The maximum Gasteiger partial charge on any atom is 0.254 e. The molecule has 1 amide bonds. The van der Waals surface area contributed by atoms with Crippen molar-refractivity contribution in [1.29, 1.82) is 5.26 Å². The summed E-state index contributed by atoms with van der Waals surface area (Å²) in [6.45, 7) is 7.75. The second kappa shape index (κ2) is 8.95. The molecule has 0 radical (unpaired) electrons. The van der Waals surface area contributed by atoms with E-state index in [0.29, 0.717) is 48.9 Å². The number of nitrogens with zero attached hydrogens (tertiary/aromatic N) is 3. The number of methoxy groups -OCH3 is 1. The second-order valence-corrected chi connectivity index (χ2v) is 7.36. The molecule has 0 saturated heterocycles. The molecule has 3 rings (SSSR count). The minimum absolute atomic E-state index is 0.0616. The summed E-state index contributed by atoms with van der Waals surface area (Å²) in [5.74, 6) is 0.985. The van der Waals surface area contributed by atoms with Gasteiger partial charge in [-0.3, -0.25) is 4.79 Å². The van der Waals surface area contributed by atoms with Crippen LogP contribution in [0.2, 0.25) is 0 Å². The summed E-state index contributed by atoms with van der Waals surface area (Å²) in [6.07, 6.45) is 2.71. The van der Waals surface area contributed by atoms with Crippen molar-refractivity contribution in [2.75, 3.05) is 20.3 Å². The average molecular weight is 393 g/mol. The van der Waals surface area contributed by atoms with Gasteiger partial charge in [0.25, 0.3) is 5.91 Å². The Labute approximate surface area is 172 Å². The number of hydrogen-bond donors (Lipinski definition) is 0. The molecule has 0 spiro atoms. The quantitative estimate of drug-likeness (QED) is 0.666. The van der Waals surface area contributed by atoms with E-state index < -0.39 is 0 Å². The van der Waals surface area contributed by atoms with Crippen LogP contribution in [0.5, 0.6) is 11.6 Å². The van der Waals surface area contributed by atoms with Gasteiger partial charge < -0.3 is 14.4 Å². The van der Waals surface area contributed by atoms with Crippen molar-refractivity contribution in [2.24, 2.45) is 0 Å². The molecular formula is C23H27N3O3. The lowest BCUT2D eigenvalue weighted by Crippen LogP contribution is -2.37. The fourth-order valence-electron chi connectivity index (χ4n) is 3.61. The fraction of sp³-hybridized carbons (Fsp3) is 0.435. The van der Waals surface area contributed by atoms with Crippen molar-refractivity contribution >= 4 is 5.91 Å². The predicted molar refractivity (Wildman–Crippen MR) is 110 cm³/mol. The van der Waals surface area contributed by atoms with E-state index in [0.717, 1.165) is 35.2 Å². The van der Waals surface area contributed by atoms with Gasteiger partial charge in [0.1, 0.15) is 11.8 Å². The Morgan fingerprint density at radius 1 is 1.28 bits per heavy atom. The first-order valence-electron chi connectivity index (χ1n) is 9.98. The van der Waals surface area contributed by atoms with E-state index in [-0.39, 0.29) is 5.91 Å². The minimum Gasteiger partial charge on any atom is -0.495 e. The van der Waals surface area contributed by atoms with E-state index in [2.05, 4.69) is 18.0 Å². The van der Waals surface area contributed by atoms with Crippen LogP contribution in [-0.2, 0) is 13.0 Å². The zero-order chi connectivity index (χ0) is 21.0. The predicted octanol–water partition coefficient (Wildman–Crippen LogP) is 3.96. The van der Waals surface area contributed by atoms with Gasteiger partial charge in [-0.05, 0) is 56.0 Å². The summed E-state index contributed by atoms with van der Waals surface area (Å²) < 4.78 is 11.2. The molecule has 2 heterocycles. The highest BCUT2D eigenvalue weighted by Gasteiger charge is 2.27. The Morgan fingerprint density at radius 2 is 2.07 bits per heavy atom. The van der Waals surface area contributed by atoms with Crippen LogP contribution in [0.1, 0.15) is 58.1 Å². The van der Waals surface area contributed by atoms with E-state index >= 15 is 0 Å².